The lowest BCUT2D eigenvalue weighted by Gasteiger charge is -2.46. The van der Waals surface area contributed by atoms with Crippen molar-refractivity contribution in [3.05, 3.63) is 11.3 Å². The Labute approximate surface area is 160 Å². The molecule has 0 aromatic rings. The van der Waals surface area contributed by atoms with E-state index in [1.807, 2.05) is 0 Å². The molecule has 0 N–H and O–H groups in total. The van der Waals surface area contributed by atoms with Crippen LogP contribution in [0.5, 0.6) is 0 Å². The van der Waals surface area contributed by atoms with E-state index in [-0.39, 0.29) is 16.6 Å². The maximum atomic E-state index is 6.93. The summed E-state index contributed by atoms with van der Waals surface area (Å²) in [7, 11) is -3.43. The lowest BCUT2D eigenvalue weighted by molar-refractivity contribution is 0.119. The van der Waals surface area contributed by atoms with Gasteiger partial charge in [-0.2, -0.15) is 0 Å². The number of allylic oxidation sites excluding steroid dienone is 1. The molecule has 0 unspecified atom stereocenters. The topological polar surface area (TPSA) is 18.5 Å². The molecule has 1 fully saturated rings. The van der Waals surface area contributed by atoms with Gasteiger partial charge in [0.25, 0.3) is 0 Å². The van der Waals surface area contributed by atoms with Crippen molar-refractivity contribution in [2.75, 3.05) is 0 Å². The van der Waals surface area contributed by atoms with Gasteiger partial charge in [0.1, 0.15) is 0 Å². The Kier molecular flexibility index (Phi) is 6.90. The summed E-state index contributed by atoms with van der Waals surface area (Å²) in [6.07, 6.45) is 3.88. The zero-order valence-corrected chi connectivity index (χ0v) is 21.1. The van der Waals surface area contributed by atoms with Crippen LogP contribution in [0.25, 0.3) is 0 Å². The summed E-state index contributed by atoms with van der Waals surface area (Å²) in [6.45, 7) is 27.9. The average Bonchev–Trinajstić information content (AvgIpc) is 2.33. The van der Waals surface area contributed by atoms with Crippen LogP contribution in [-0.2, 0) is 8.85 Å². The van der Waals surface area contributed by atoms with E-state index in [2.05, 4.69) is 81.2 Å². The Morgan fingerprint density at radius 2 is 1.44 bits per heavy atom. The van der Waals surface area contributed by atoms with Crippen molar-refractivity contribution in [2.45, 2.75) is 112 Å². The second-order valence-corrected chi connectivity index (χ2v) is 20.6. The molecule has 0 saturated heterocycles. The second kappa shape index (κ2) is 7.51. The first-order valence-corrected chi connectivity index (χ1v) is 16.3. The van der Waals surface area contributed by atoms with Crippen LogP contribution in [0.3, 0.4) is 0 Å². The van der Waals surface area contributed by atoms with E-state index in [1.165, 1.54) is 18.4 Å². The van der Waals surface area contributed by atoms with Crippen LogP contribution >= 0.6 is 0 Å². The summed E-state index contributed by atoms with van der Waals surface area (Å²) in [5.74, 6) is 1.70. The first-order valence-electron chi connectivity index (χ1n) is 10.0. The Hall–Kier alpha value is -0.0662. The van der Waals surface area contributed by atoms with E-state index in [1.54, 1.807) is 0 Å². The van der Waals surface area contributed by atoms with Gasteiger partial charge in [-0.1, -0.05) is 41.5 Å². The van der Waals surface area contributed by atoms with Crippen LogP contribution in [0.15, 0.2) is 11.3 Å². The molecule has 25 heavy (non-hydrogen) atoms. The van der Waals surface area contributed by atoms with E-state index in [9.17, 15) is 0 Å². The van der Waals surface area contributed by atoms with Crippen LogP contribution < -0.4 is 0 Å². The third-order valence-corrected chi connectivity index (χ3v) is 11.2. The Morgan fingerprint density at radius 1 is 0.920 bits per heavy atom. The fraction of sp³-hybridized carbons (Fsp3) is 0.905. The van der Waals surface area contributed by atoms with Gasteiger partial charge in [0.15, 0.2) is 8.32 Å². The molecule has 1 rings (SSSR count). The molecular weight excluding hydrogens is 340 g/mol. The quantitative estimate of drug-likeness (QED) is 0.372. The highest BCUT2D eigenvalue weighted by atomic mass is 28.4. The molecule has 1 aliphatic rings. The summed E-state index contributed by atoms with van der Waals surface area (Å²) in [4.78, 5) is 0. The predicted octanol–water partition coefficient (Wildman–Crippen LogP) is 7.35. The van der Waals surface area contributed by atoms with Gasteiger partial charge >= 0.3 is 0 Å². The SMILES string of the molecule is C/C(O[Si](C)(C)C)=C1/[C@@H](O[Si](C)(C)C(C)(C)C)CCC[C@@H]1C(C)(C)C. The summed E-state index contributed by atoms with van der Waals surface area (Å²) >= 11 is 0. The van der Waals surface area contributed by atoms with Gasteiger partial charge in [-0.15, -0.1) is 0 Å². The van der Waals surface area contributed by atoms with E-state index in [0.29, 0.717) is 5.92 Å². The number of hydrogen-bond donors (Lipinski definition) is 0. The van der Waals surface area contributed by atoms with E-state index < -0.39 is 16.6 Å². The number of rotatable bonds is 4. The summed E-state index contributed by atoms with van der Waals surface area (Å²) in [5, 5.41) is 0.236. The molecule has 1 saturated carbocycles. The van der Waals surface area contributed by atoms with Crippen LogP contribution in [0.1, 0.15) is 67.7 Å². The molecule has 0 aromatic carbocycles. The maximum Gasteiger partial charge on any atom is 0.241 e. The van der Waals surface area contributed by atoms with Gasteiger partial charge in [0.05, 0.1) is 11.9 Å². The third-order valence-electron chi connectivity index (χ3n) is 5.84. The highest BCUT2D eigenvalue weighted by Crippen LogP contribution is 2.47. The van der Waals surface area contributed by atoms with E-state index in [4.69, 9.17) is 8.85 Å². The predicted molar refractivity (Wildman–Crippen MR) is 116 cm³/mol. The standard InChI is InChI=1S/C21H44O2Si2/c1-16(22-24(8,9)10)19-17(20(2,3)4)14-13-15-18(19)23-25(11,12)21(5,6)7/h17-18H,13-15H2,1-12H3/b19-16-/t17-,18-/m0/s1. The molecular formula is C21H44O2Si2. The molecule has 0 radical (unpaired) electrons. The van der Waals surface area contributed by atoms with Gasteiger partial charge in [-0.3, -0.25) is 0 Å². The molecule has 148 valence electrons. The minimum atomic E-state index is -1.81. The molecule has 0 bridgehead atoms. The molecule has 0 heterocycles. The van der Waals surface area contributed by atoms with Gasteiger partial charge in [-0.25, -0.2) is 0 Å². The molecule has 0 amide bonds. The van der Waals surface area contributed by atoms with Crippen molar-refractivity contribution < 1.29 is 8.85 Å². The molecule has 4 heteroatoms. The fourth-order valence-electron chi connectivity index (χ4n) is 3.59. The van der Waals surface area contributed by atoms with E-state index >= 15 is 0 Å². The van der Waals surface area contributed by atoms with E-state index in [0.717, 1.165) is 12.2 Å². The summed E-state index contributed by atoms with van der Waals surface area (Å²) in [5.41, 5.74) is 1.71. The molecule has 0 aliphatic heterocycles. The van der Waals surface area contributed by atoms with Gasteiger partial charge in [0, 0.05) is 0 Å². The zero-order valence-electron chi connectivity index (χ0n) is 19.1. The van der Waals surface area contributed by atoms with Crippen molar-refractivity contribution >= 4 is 16.6 Å². The van der Waals surface area contributed by atoms with Gasteiger partial charge < -0.3 is 8.85 Å². The molecule has 2 atom stereocenters. The summed E-state index contributed by atoms with van der Waals surface area (Å²) in [6, 6.07) is 0. The number of hydrogen-bond acceptors (Lipinski definition) is 2. The fourth-order valence-corrected chi connectivity index (χ4v) is 5.93. The van der Waals surface area contributed by atoms with Crippen LogP contribution in [0.4, 0.5) is 0 Å². The lowest BCUT2D eigenvalue weighted by Crippen LogP contribution is -2.47. The van der Waals surface area contributed by atoms with Crippen LogP contribution in [-0.4, -0.2) is 22.7 Å². The average molecular weight is 385 g/mol. The Morgan fingerprint density at radius 3 is 1.84 bits per heavy atom. The minimum absolute atomic E-state index is 0.232. The van der Waals surface area contributed by atoms with Crippen LogP contribution in [0.2, 0.25) is 37.8 Å². The first-order chi connectivity index (χ1) is 11.0. The molecule has 2 nitrogen and oxygen atoms in total. The van der Waals surface area contributed by atoms with Crippen molar-refractivity contribution in [3.63, 3.8) is 0 Å². The van der Waals surface area contributed by atoms with Crippen molar-refractivity contribution in [2.24, 2.45) is 11.3 Å². The van der Waals surface area contributed by atoms with Gasteiger partial charge in [0.2, 0.25) is 8.32 Å². The van der Waals surface area contributed by atoms with Crippen molar-refractivity contribution in [1.29, 1.82) is 0 Å². The van der Waals surface area contributed by atoms with Gasteiger partial charge in [-0.05, 0) is 80.9 Å². The third kappa shape index (κ3) is 6.25. The Balaban J connectivity index is 3.31. The minimum Gasteiger partial charge on any atom is -0.547 e. The smallest absolute Gasteiger partial charge is 0.241 e. The highest BCUT2D eigenvalue weighted by Gasteiger charge is 2.44. The molecule has 0 spiro atoms. The van der Waals surface area contributed by atoms with Crippen molar-refractivity contribution in [1.82, 2.24) is 0 Å². The highest BCUT2D eigenvalue weighted by molar-refractivity contribution is 6.74. The largest absolute Gasteiger partial charge is 0.547 e. The second-order valence-electron chi connectivity index (χ2n) is 11.4. The van der Waals surface area contributed by atoms with Crippen LogP contribution in [0, 0.1) is 11.3 Å². The monoisotopic (exact) mass is 384 g/mol. The van der Waals surface area contributed by atoms with Crippen molar-refractivity contribution in [3.8, 4) is 0 Å². The Bertz CT molecular complexity index is 487. The molecule has 1 aliphatic carbocycles. The molecule has 0 aromatic heterocycles. The zero-order chi connectivity index (χ0) is 19.8. The normalized spacial score (nSPS) is 25.8. The maximum absolute atomic E-state index is 6.93. The lowest BCUT2D eigenvalue weighted by atomic mass is 9.68. The first kappa shape index (κ1) is 23.0. The summed E-state index contributed by atoms with van der Waals surface area (Å²) < 4.78 is 13.4.